The molecule has 6 heteroatoms. The summed E-state index contributed by atoms with van der Waals surface area (Å²) in [5.74, 6) is -0.218. The van der Waals surface area contributed by atoms with Crippen LogP contribution in [0.4, 0.5) is 0 Å². The number of sulfone groups is 1. The largest absolute Gasteiger partial charge is 0.293 e. The van der Waals surface area contributed by atoms with Crippen LogP contribution in [0.1, 0.15) is 37.6 Å². The quantitative estimate of drug-likeness (QED) is 0.737. The first-order valence-electron chi connectivity index (χ1n) is 6.36. The number of carbonyl (C=O) groups is 1. The zero-order chi connectivity index (χ0) is 15.5. The van der Waals surface area contributed by atoms with Gasteiger partial charge in [-0.2, -0.15) is 0 Å². The van der Waals surface area contributed by atoms with E-state index in [0.717, 1.165) is 0 Å². The van der Waals surface area contributed by atoms with Crippen LogP contribution >= 0.6 is 23.2 Å². The van der Waals surface area contributed by atoms with Crippen molar-refractivity contribution in [2.45, 2.75) is 32.4 Å². The van der Waals surface area contributed by atoms with E-state index < -0.39 is 20.9 Å². The second kappa shape index (κ2) is 6.92. The number of hydrogen-bond donors (Lipinski definition) is 0. The first-order chi connectivity index (χ1) is 9.15. The number of hydrogen-bond acceptors (Lipinski definition) is 3. The van der Waals surface area contributed by atoms with Gasteiger partial charge in [-0.3, -0.25) is 4.79 Å². The Bertz CT molecular complexity index is 594. The van der Waals surface area contributed by atoms with E-state index in [2.05, 4.69) is 0 Å². The minimum Gasteiger partial charge on any atom is -0.293 e. The summed E-state index contributed by atoms with van der Waals surface area (Å²) in [6, 6.07) is 4.42. The van der Waals surface area contributed by atoms with Crippen molar-refractivity contribution in [3.8, 4) is 0 Å². The Hall–Kier alpha value is -0.580. The first-order valence-corrected chi connectivity index (χ1v) is 8.83. The van der Waals surface area contributed by atoms with Crippen LogP contribution in [-0.2, 0) is 9.84 Å². The monoisotopic (exact) mass is 336 g/mol. The third-order valence-electron chi connectivity index (χ3n) is 3.08. The fourth-order valence-electron chi connectivity index (χ4n) is 1.65. The van der Waals surface area contributed by atoms with Gasteiger partial charge in [0.25, 0.3) is 0 Å². The van der Waals surface area contributed by atoms with Gasteiger partial charge in [-0.05, 0) is 37.5 Å². The smallest absolute Gasteiger partial charge is 0.182 e. The number of rotatable bonds is 6. The van der Waals surface area contributed by atoms with Crippen molar-refractivity contribution in [2.75, 3.05) is 5.75 Å². The summed E-state index contributed by atoms with van der Waals surface area (Å²) in [5, 5.41) is -0.518. The summed E-state index contributed by atoms with van der Waals surface area (Å²) in [6.45, 7) is 5.29. The molecule has 0 saturated heterocycles. The molecule has 1 aromatic carbocycles. The highest BCUT2D eigenvalue weighted by Gasteiger charge is 2.29. The molecule has 1 atom stereocenters. The Morgan fingerprint density at radius 1 is 1.20 bits per heavy atom. The standard InChI is InChI=1S/C14H18Cl2O3S/c1-9(2)6-7-20(18,19)10(3)14(17)12-5-4-11(15)8-13(12)16/h4-5,8-10H,6-7H2,1-3H3. The van der Waals surface area contributed by atoms with Crippen molar-refractivity contribution < 1.29 is 13.2 Å². The lowest BCUT2D eigenvalue weighted by Crippen LogP contribution is -2.30. The van der Waals surface area contributed by atoms with Crippen LogP contribution in [0.15, 0.2) is 18.2 Å². The van der Waals surface area contributed by atoms with Gasteiger partial charge in [0.15, 0.2) is 15.6 Å². The summed E-state index contributed by atoms with van der Waals surface area (Å²) in [4.78, 5) is 12.3. The molecule has 0 saturated carbocycles. The lowest BCUT2D eigenvalue weighted by atomic mass is 10.1. The molecule has 3 nitrogen and oxygen atoms in total. The predicted molar refractivity (Wildman–Crippen MR) is 83.5 cm³/mol. The lowest BCUT2D eigenvalue weighted by molar-refractivity contribution is 0.0991. The highest BCUT2D eigenvalue weighted by atomic mass is 35.5. The number of ketones is 1. The van der Waals surface area contributed by atoms with Gasteiger partial charge in [0.2, 0.25) is 0 Å². The molecule has 0 aliphatic rings. The molecule has 0 heterocycles. The third-order valence-corrected chi connectivity index (χ3v) is 5.73. The Balaban J connectivity index is 2.96. The molecule has 0 aliphatic carbocycles. The Kier molecular flexibility index (Phi) is 6.05. The van der Waals surface area contributed by atoms with E-state index in [0.29, 0.717) is 11.4 Å². The molecule has 0 fully saturated rings. The molecule has 1 rings (SSSR count). The molecular weight excluding hydrogens is 319 g/mol. The third kappa shape index (κ3) is 4.47. The summed E-state index contributed by atoms with van der Waals surface area (Å²) >= 11 is 11.7. The molecule has 1 aromatic rings. The van der Waals surface area contributed by atoms with Crippen LogP contribution in [0, 0.1) is 5.92 Å². The maximum Gasteiger partial charge on any atom is 0.182 e. The molecule has 112 valence electrons. The van der Waals surface area contributed by atoms with Crippen LogP contribution in [0.25, 0.3) is 0 Å². The van der Waals surface area contributed by atoms with Gasteiger partial charge in [0.1, 0.15) is 5.25 Å². The van der Waals surface area contributed by atoms with E-state index in [1.165, 1.54) is 25.1 Å². The molecular formula is C14H18Cl2O3S. The maximum atomic E-state index is 12.3. The molecule has 0 aromatic heterocycles. The molecule has 0 spiro atoms. The van der Waals surface area contributed by atoms with E-state index in [9.17, 15) is 13.2 Å². The van der Waals surface area contributed by atoms with Gasteiger partial charge in [-0.25, -0.2) is 8.42 Å². The molecule has 20 heavy (non-hydrogen) atoms. The SMILES string of the molecule is CC(C)CCS(=O)(=O)C(C)C(=O)c1ccc(Cl)cc1Cl. The van der Waals surface area contributed by atoms with Gasteiger partial charge in [0, 0.05) is 10.6 Å². The van der Waals surface area contributed by atoms with Crippen molar-refractivity contribution in [3.05, 3.63) is 33.8 Å². The Labute approximate surface area is 130 Å². The zero-order valence-corrected chi connectivity index (χ0v) is 14.0. The van der Waals surface area contributed by atoms with Crippen LogP contribution in [-0.4, -0.2) is 25.2 Å². The van der Waals surface area contributed by atoms with Gasteiger partial charge in [0.05, 0.1) is 10.8 Å². The van der Waals surface area contributed by atoms with Gasteiger partial charge < -0.3 is 0 Å². The minimum atomic E-state index is -3.47. The van der Waals surface area contributed by atoms with Crippen molar-refractivity contribution in [1.82, 2.24) is 0 Å². The van der Waals surface area contributed by atoms with Gasteiger partial charge in [-0.15, -0.1) is 0 Å². The number of Topliss-reactive ketones (excluding diaryl/α,β-unsaturated/α-hetero) is 1. The van der Waals surface area contributed by atoms with Crippen LogP contribution in [0.2, 0.25) is 10.0 Å². The number of carbonyl (C=O) groups excluding carboxylic acids is 1. The fraction of sp³-hybridized carbons (Fsp3) is 0.500. The lowest BCUT2D eigenvalue weighted by Gasteiger charge is -2.14. The first kappa shape index (κ1) is 17.5. The summed E-state index contributed by atoms with van der Waals surface area (Å²) in [5.41, 5.74) is 0.191. The van der Waals surface area contributed by atoms with Crippen molar-refractivity contribution in [3.63, 3.8) is 0 Å². The molecule has 0 N–H and O–H groups in total. The van der Waals surface area contributed by atoms with Crippen molar-refractivity contribution >= 4 is 38.8 Å². The summed E-state index contributed by atoms with van der Waals surface area (Å²) in [6.07, 6.45) is 0.536. The average Bonchev–Trinajstić information content (AvgIpc) is 2.35. The molecule has 0 bridgehead atoms. The van der Waals surface area contributed by atoms with E-state index in [4.69, 9.17) is 23.2 Å². The zero-order valence-electron chi connectivity index (χ0n) is 11.7. The number of halogens is 2. The van der Waals surface area contributed by atoms with E-state index in [1.54, 1.807) is 0 Å². The second-order valence-corrected chi connectivity index (χ2v) is 8.46. The molecule has 1 unspecified atom stereocenters. The highest BCUT2D eigenvalue weighted by molar-refractivity contribution is 7.92. The van der Waals surface area contributed by atoms with Crippen LogP contribution in [0.3, 0.4) is 0 Å². The van der Waals surface area contributed by atoms with Gasteiger partial charge >= 0.3 is 0 Å². The minimum absolute atomic E-state index is 0.00276. The average molecular weight is 337 g/mol. The predicted octanol–water partition coefficient (Wildman–Crippen LogP) is 4.03. The van der Waals surface area contributed by atoms with Crippen LogP contribution < -0.4 is 0 Å². The van der Waals surface area contributed by atoms with Gasteiger partial charge in [-0.1, -0.05) is 37.0 Å². The highest BCUT2D eigenvalue weighted by Crippen LogP contribution is 2.24. The normalized spacial score (nSPS) is 13.5. The summed E-state index contributed by atoms with van der Waals surface area (Å²) in [7, 11) is -3.47. The summed E-state index contributed by atoms with van der Waals surface area (Å²) < 4.78 is 24.3. The number of benzene rings is 1. The molecule has 0 radical (unpaired) electrons. The Morgan fingerprint density at radius 2 is 1.80 bits per heavy atom. The van der Waals surface area contributed by atoms with Crippen molar-refractivity contribution in [2.24, 2.45) is 5.92 Å². The van der Waals surface area contributed by atoms with E-state index in [-0.39, 0.29) is 22.3 Å². The van der Waals surface area contributed by atoms with Crippen molar-refractivity contribution in [1.29, 1.82) is 0 Å². The van der Waals surface area contributed by atoms with Crippen LogP contribution in [0.5, 0.6) is 0 Å². The second-order valence-electron chi connectivity index (χ2n) is 5.18. The molecule has 0 aliphatic heterocycles. The Morgan fingerprint density at radius 3 is 2.30 bits per heavy atom. The fourth-order valence-corrected chi connectivity index (χ4v) is 3.76. The topological polar surface area (TPSA) is 51.2 Å². The van der Waals surface area contributed by atoms with E-state index in [1.807, 2.05) is 13.8 Å². The molecule has 0 amide bonds. The maximum absolute atomic E-state index is 12.3. The van der Waals surface area contributed by atoms with E-state index >= 15 is 0 Å².